The highest BCUT2D eigenvalue weighted by Crippen LogP contribution is 2.49. The van der Waals surface area contributed by atoms with Gasteiger partial charge in [-0.1, -0.05) is 18.2 Å². The second-order valence-electron chi connectivity index (χ2n) is 8.02. The van der Waals surface area contributed by atoms with Crippen LogP contribution in [-0.2, 0) is 11.0 Å². The van der Waals surface area contributed by atoms with Crippen LogP contribution in [0.25, 0.3) is 0 Å². The predicted octanol–water partition coefficient (Wildman–Crippen LogP) is 3.80. The molecule has 6 heteroatoms. The maximum absolute atomic E-state index is 12.9. The molecule has 1 aromatic carbocycles. The highest BCUT2D eigenvalue weighted by molar-refractivity contribution is 5.83. The first kappa shape index (κ1) is 17.8. The molecule has 0 radical (unpaired) electrons. The van der Waals surface area contributed by atoms with Crippen LogP contribution in [0.2, 0.25) is 0 Å². The van der Waals surface area contributed by atoms with Gasteiger partial charge in [0.25, 0.3) is 0 Å². The molecule has 1 heterocycles. The number of nitrogens with one attached hydrogen (secondary N) is 1. The average molecular weight is 366 g/mol. The minimum atomic E-state index is -4.33. The summed E-state index contributed by atoms with van der Waals surface area (Å²) in [4.78, 5) is 14.6. The van der Waals surface area contributed by atoms with Crippen LogP contribution < -0.4 is 5.32 Å². The van der Waals surface area contributed by atoms with E-state index in [9.17, 15) is 18.0 Å². The Kier molecular flexibility index (Phi) is 4.71. The summed E-state index contributed by atoms with van der Waals surface area (Å²) in [6.07, 6.45) is 0.949. The summed E-state index contributed by atoms with van der Waals surface area (Å²) in [6.45, 7) is 2.61. The fraction of sp³-hybridized carbons (Fsp3) is 0.650. The molecule has 1 saturated heterocycles. The standard InChI is InChI=1S/C20H25F3N2O/c21-20(22,23)15-3-1-2-14(10-15)17-11-18(17)19(26)25-8-6-16(7-9-25)24-12-13-4-5-13/h1-3,10,13,16-18,24H,4-9,11-12H2. The second kappa shape index (κ2) is 6.87. The van der Waals surface area contributed by atoms with E-state index in [0.29, 0.717) is 18.0 Å². The minimum absolute atomic E-state index is 0.0597. The lowest BCUT2D eigenvalue weighted by Gasteiger charge is -2.33. The molecule has 0 bridgehead atoms. The zero-order valence-corrected chi connectivity index (χ0v) is 14.8. The van der Waals surface area contributed by atoms with E-state index in [2.05, 4.69) is 5.32 Å². The van der Waals surface area contributed by atoms with Crippen molar-refractivity contribution >= 4 is 5.91 Å². The van der Waals surface area contributed by atoms with E-state index < -0.39 is 11.7 Å². The number of piperidine rings is 1. The summed E-state index contributed by atoms with van der Waals surface area (Å²) in [5.41, 5.74) is 0.00908. The Labute approximate surface area is 151 Å². The molecular weight excluding hydrogens is 341 g/mol. The van der Waals surface area contributed by atoms with Gasteiger partial charge in [-0.25, -0.2) is 0 Å². The van der Waals surface area contributed by atoms with Crippen molar-refractivity contribution < 1.29 is 18.0 Å². The number of nitrogens with zero attached hydrogens (tertiary/aromatic N) is 1. The Bertz CT molecular complexity index is 663. The summed E-state index contributed by atoms with van der Waals surface area (Å²) in [7, 11) is 0. The molecule has 2 atom stereocenters. The first-order valence-electron chi connectivity index (χ1n) is 9.61. The summed E-state index contributed by atoms with van der Waals surface area (Å²) in [6, 6.07) is 5.93. The normalized spacial score (nSPS) is 26.8. The number of carbonyl (C=O) groups is 1. The maximum atomic E-state index is 12.9. The fourth-order valence-electron chi connectivity index (χ4n) is 3.98. The molecular formula is C20H25F3N2O. The Morgan fingerprint density at radius 2 is 1.88 bits per heavy atom. The minimum Gasteiger partial charge on any atom is -0.342 e. The van der Waals surface area contributed by atoms with E-state index in [1.54, 1.807) is 6.07 Å². The molecule has 26 heavy (non-hydrogen) atoms. The lowest BCUT2D eigenvalue weighted by molar-refractivity contribution is -0.137. The number of alkyl halides is 3. The molecule has 1 aliphatic heterocycles. The van der Waals surface area contributed by atoms with Gasteiger partial charge in [-0.2, -0.15) is 13.2 Å². The first-order chi connectivity index (χ1) is 12.4. The number of hydrogen-bond acceptors (Lipinski definition) is 2. The Morgan fingerprint density at radius 3 is 2.54 bits per heavy atom. The Hall–Kier alpha value is -1.56. The number of benzene rings is 1. The fourth-order valence-corrected chi connectivity index (χ4v) is 3.98. The van der Waals surface area contributed by atoms with Crippen molar-refractivity contribution in [1.82, 2.24) is 10.2 Å². The second-order valence-corrected chi connectivity index (χ2v) is 8.02. The van der Waals surface area contributed by atoms with Crippen molar-refractivity contribution in [3.8, 4) is 0 Å². The molecule has 142 valence electrons. The zero-order valence-electron chi connectivity index (χ0n) is 14.8. The molecule has 2 saturated carbocycles. The first-order valence-corrected chi connectivity index (χ1v) is 9.61. The van der Waals surface area contributed by atoms with Crippen LogP contribution in [0.15, 0.2) is 24.3 Å². The van der Waals surface area contributed by atoms with Crippen LogP contribution in [0.5, 0.6) is 0 Å². The summed E-state index contributed by atoms with van der Waals surface area (Å²) in [5, 5.41) is 3.60. The van der Waals surface area contributed by atoms with Crippen molar-refractivity contribution in [2.75, 3.05) is 19.6 Å². The van der Waals surface area contributed by atoms with Crippen LogP contribution in [0.4, 0.5) is 13.2 Å². The SMILES string of the molecule is O=C(C1CC1c1cccc(C(F)(F)F)c1)N1CCC(NCC2CC2)CC1. The van der Waals surface area contributed by atoms with Crippen molar-refractivity contribution in [3.63, 3.8) is 0 Å². The van der Waals surface area contributed by atoms with Gasteiger partial charge in [0.15, 0.2) is 0 Å². The highest BCUT2D eigenvalue weighted by Gasteiger charge is 2.46. The van der Waals surface area contributed by atoms with E-state index in [-0.39, 0.29) is 17.7 Å². The number of hydrogen-bond donors (Lipinski definition) is 1. The Balaban J connectivity index is 1.29. The number of amides is 1. The third kappa shape index (κ3) is 4.05. The zero-order chi connectivity index (χ0) is 18.3. The van der Waals surface area contributed by atoms with Gasteiger partial charge in [-0.05, 0) is 62.1 Å². The van der Waals surface area contributed by atoms with Crippen LogP contribution in [0, 0.1) is 11.8 Å². The maximum Gasteiger partial charge on any atom is 0.416 e. The number of likely N-dealkylation sites (tertiary alicyclic amines) is 1. The smallest absolute Gasteiger partial charge is 0.342 e. The molecule has 1 amide bonds. The van der Waals surface area contributed by atoms with Gasteiger partial charge in [0.2, 0.25) is 5.91 Å². The molecule has 3 aliphatic rings. The largest absolute Gasteiger partial charge is 0.416 e. The molecule has 1 N–H and O–H groups in total. The van der Waals surface area contributed by atoms with Gasteiger partial charge in [-0.15, -0.1) is 0 Å². The third-order valence-electron chi connectivity index (χ3n) is 5.95. The highest BCUT2D eigenvalue weighted by atomic mass is 19.4. The van der Waals surface area contributed by atoms with Crippen LogP contribution in [0.1, 0.15) is 49.1 Å². The van der Waals surface area contributed by atoms with E-state index in [4.69, 9.17) is 0 Å². The average Bonchev–Trinajstić information content (AvgIpc) is 3.54. The molecule has 2 aliphatic carbocycles. The van der Waals surface area contributed by atoms with E-state index in [1.807, 2.05) is 4.90 Å². The summed E-state index contributed by atoms with van der Waals surface area (Å²) in [5.74, 6) is 0.771. The quantitative estimate of drug-likeness (QED) is 0.860. The van der Waals surface area contributed by atoms with E-state index in [0.717, 1.165) is 44.5 Å². The van der Waals surface area contributed by atoms with Gasteiger partial charge >= 0.3 is 6.18 Å². The molecule has 4 rings (SSSR count). The Morgan fingerprint density at radius 1 is 1.15 bits per heavy atom. The summed E-state index contributed by atoms with van der Waals surface area (Å²) < 4.78 is 38.6. The van der Waals surface area contributed by atoms with E-state index in [1.165, 1.54) is 25.0 Å². The monoisotopic (exact) mass is 366 g/mol. The number of rotatable bonds is 5. The van der Waals surface area contributed by atoms with Crippen LogP contribution >= 0.6 is 0 Å². The third-order valence-corrected chi connectivity index (χ3v) is 5.95. The van der Waals surface area contributed by atoms with Gasteiger partial charge in [0.05, 0.1) is 5.56 Å². The summed E-state index contributed by atoms with van der Waals surface area (Å²) >= 11 is 0. The molecule has 0 aromatic heterocycles. The molecule has 1 aromatic rings. The molecule has 3 nitrogen and oxygen atoms in total. The van der Waals surface area contributed by atoms with Gasteiger partial charge in [0.1, 0.15) is 0 Å². The van der Waals surface area contributed by atoms with Gasteiger partial charge in [-0.3, -0.25) is 4.79 Å². The molecule has 0 spiro atoms. The predicted molar refractivity (Wildman–Crippen MR) is 92.6 cm³/mol. The lowest BCUT2D eigenvalue weighted by Crippen LogP contribution is -2.46. The lowest BCUT2D eigenvalue weighted by atomic mass is 10.0. The van der Waals surface area contributed by atoms with Crippen LogP contribution in [-0.4, -0.2) is 36.5 Å². The van der Waals surface area contributed by atoms with Crippen molar-refractivity contribution in [3.05, 3.63) is 35.4 Å². The van der Waals surface area contributed by atoms with Gasteiger partial charge in [0, 0.05) is 25.0 Å². The molecule has 3 fully saturated rings. The van der Waals surface area contributed by atoms with Crippen molar-refractivity contribution in [2.45, 2.75) is 50.2 Å². The molecule has 2 unspecified atom stereocenters. The number of halogens is 3. The topological polar surface area (TPSA) is 32.3 Å². The van der Waals surface area contributed by atoms with E-state index >= 15 is 0 Å². The van der Waals surface area contributed by atoms with Crippen molar-refractivity contribution in [2.24, 2.45) is 11.8 Å². The van der Waals surface area contributed by atoms with Gasteiger partial charge < -0.3 is 10.2 Å². The van der Waals surface area contributed by atoms with Crippen LogP contribution in [0.3, 0.4) is 0 Å². The van der Waals surface area contributed by atoms with Crippen molar-refractivity contribution in [1.29, 1.82) is 0 Å². The number of carbonyl (C=O) groups excluding carboxylic acids is 1.